The van der Waals surface area contributed by atoms with Crippen molar-refractivity contribution in [2.24, 2.45) is 0 Å². The molecule has 1 N–H and O–H groups in total. The van der Waals surface area contributed by atoms with Crippen LogP contribution in [-0.2, 0) is 10.0 Å². The fourth-order valence-electron chi connectivity index (χ4n) is 1.97. The summed E-state index contributed by atoms with van der Waals surface area (Å²) in [6.07, 6.45) is 1.26. The summed E-state index contributed by atoms with van der Waals surface area (Å²) < 4.78 is 36.9. The first-order chi connectivity index (χ1) is 12.0. The summed E-state index contributed by atoms with van der Waals surface area (Å²) in [5.41, 5.74) is 0.202. The maximum absolute atomic E-state index is 12.2. The van der Waals surface area contributed by atoms with Crippen LogP contribution in [0.3, 0.4) is 0 Å². The van der Waals surface area contributed by atoms with Gasteiger partial charge < -0.3 is 9.26 Å². The molecule has 1 aromatic heterocycles. The van der Waals surface area contributed by atoms with Gasteiger partial charge in [-0.1, -0.05) is 22.8 Å². The molecule has 0 radical (unpaired) electrons. The monoisotopic (exact) mass is 375 g/mol. The molecule has 0 fully saturated rings. The van der Waals surface area contributed by atoms with Gasteiger partial charge in [-0.05, 0) is 36.4 Å². The van der Waals surface area contributed by atoms with Crippen LogP contribution >= 0.6 is 11.6 Å². The van der Waals surface area contributed by atoms with Crippen LogP contribution in [0.2, 0.25) is 5.02 Å². The third kappa shape index (κ3) is 3.74. The third-order valence-corrected chi connectivity index (χ3v) is 4.81. The quantitative estimate of drug-likeness (QED) is 0.727. The van der Waals surface area contributed by atoms with E-state index in [9.17, 15) is 8.42 Å². The van der Waals surface area contributed by atoms with Crippen molar-refractivity contribution in [3.63, 3.8) is 0 Å². The van der Waals surface area contributed by atoms with Gasteiger partial charge in [0.1, 0.15) is 29.4 Å². The van der Waals surface area contributed by atoms with E-state index in [1.165, 1.54) is 36.6 Å². The first-order valence-electron chi connectivity index (χ1n) is 6.89. The largest absolute Gasteiger partial charge is 0.456 e. The van der Waals surface area contributed by atoms with E-state index < -0.39 is 10.0 Å². The zero-order valence-corrected chi connectivity index (χ0v) is 14.1. The van der Waals surface area contributed by atoms with Crippen molar-refractivity contribution in [2.75, 3.05) is 4.72 Å². The number of nitrogens with one attached hydrogen (secondary N) is 1. The topological polar surface area (TPSA) is 105 Å². The highest BCUT2D eigenvalue weighted by molar-refractivity contribution is 7.92. The van der Waals surface area contributed by atoms with Crippen LogP contribution in [0.25, 0.3) is 0 Å². The second kappa shape index (κ2) is 6.84. The number of rotatable bonds is 5. The molecule has 0 bridgehead atoms. The average Bonchev–Trinajstić information content (AvgIpc) is 3.08. The van der Waals surface area contributed by atoms with Crippen molar-refractivity contribution in [1.82, 2.24) is 5.16 Å². The summed E-state index contributed by atoms with van der Waals surface area (Å²) in [4.78, 5) is 0.0226. The van der Waals surface area contributed by atoms with Gasteiger partial charge in [0, 0.05) is 6.07 Å². The Kier molecular flexibility index (Phi) is 4.61. The second-order valence-electron chi connectivity index (χ2n) is 4.79. The number of hydrogen-bond acceptors (Lipinski definition) is 6. The third-order valence-electron chi connectivity index (χ3n) is 3.13. The fraction of sp³-hybridized carbons (Fsp3) is 0. The van der Waals surface area contributed by atoms with E-state index in [-0.39, 0.29) is 27.0 Å². The van der Waals surface area contributed by atoms with Crippen LogP contribution < -0.4 is 9.46 Å². The van der Waals surface area contributed by atoms with Crippen molar-refractivity contribution in [3.8, 4) is 17.6 Å². The van der Waals surface area contributed by atoms with E-state index >= 15 is 0 Å². The predicted molar refractivity (Wildman–Crippen MR) is 90.0 cm³/mol. The summed E-state index contributed by atoms with van der Waals surface area (Å²) >= 11 is 5.94. The van der Waals surface area contributed by atoms with E-state index in [0.717, 1.165) is 0 Å². The number of benzene rings is 2. The normalized spacial score (nSPS) is 10.9. The Morgan fingerprint density at radius 3 is 2.56 bits per heavy atom. The fourth-order valence-corrected chi connectivity index (χ4v) is 3.17. The molecule has 1 heterocycles. The summed E-state index contributed by atoms with van der Waals surface area (Å²) in [6.45, 7) is 0. The molecule has 0 saturated carbocycles. The number of anilines is 1. The molecule has 7 nitrogen and oxygen atoms in total. The standard InChI is InChI=1S/C16H10ClN3O4S/c17-14-2-1-3-15(13(14)10-18)24-11-4-6-12(7-5-11)25(21,22)20-16-8-9-23-19-16/h1-9H,(H,19,20). The van der Waals surface area contributed by atoms with Crippen molar-refractivity contribution in [3.05, 3.63) is 65.4 Å². The molecule has 0 aliphatic rings. The number of nitrogens with zero attached hydrogens (tertiary/aromatic N) is 2. The SMILES string of the molecule is N#Cc1c(Cl)cccc1Oc1ccc(S(=O)(=O)Nc2ccon2)cc1. The summed E-state index contributed by atoms with van der Waals surface area (Å²) in [6, 6.07) is 13.9. The number of sulfonamides is 1. The van der Waals surface area contributed by atoms with Crippen molar-refractivity contribution >= 4 is 27.4 Å². The van der Waals surface area contributed by atoms with E-state index in [1.54, 1.807) is 18.2 Å². The molecular formula is C16H10ClN3O4S. The molecule has 0 amide bonds. The molecule has 2 aromatic carbocycles. The smallest absolute Gasteiger partial charge is 0.263 e. The van der Waals surface area contributed by atoms with E-state index in [4.69, 9.17) is 21.6 Å². The molecule has 0 unspecified atom stereocenters. The molecule has 0 aliphatic heterocycles. The summed E-state index contributed by atoms with van der Waals surface area (Å²) in [7, 11) is -3.79. The molecule has 0 saturated heterocycles. The second-order valence-corrected chi connectivity index (χ2v) is 6.88. The first-order valence-corrected chi connectivity index (χ1v) is 8.75. The van der Waals surface area contributed by atoms with Crippen molar-refractivity contribution < 1.29 is 17.7 Å². The lowest BCUT2D eigenvalue weighted by molar-refractivity contribution is 0.423. The summed E-state index contributed by atoms with van der Waals surface area (Å²) in [5, 5.41) is 12.9. The number of halogens is 1. The van der Waals surface area contributed by atoms with Gasteiger partial charge in [0.25, 0.3) is 10.0 Å². The minimum absolute atomic E-state index is 0.0226. The number of nitriles is 1. The molecule has 3 aromatic rings. The molecule has 0 aliphatic carbocycles. The summed E-state index contributed by atoms with van der Waals surface area (Å²) in [5.74, 6) is 0.725. The zero-order chi connectivity index (χ0) is 17.9. The van der Waals surface area contributed by atoms with Gasteiger partial charge >= 0.3 is 0 Å². The van der Waals surface area contributed by atoms with Crippen LogP contribution in [0.5, 0.6) is 11.5 Å². The Morgan fingerprint density at radius 2 is 1.92 bits per heavy atom. The first kappa shape index (κ1) is 16.8. The average molecular weight is 376 g/mol. The van der Waals surface area contributed by atoms with Gasteiger partial charge in [-0.25, -0.2) is 8.42 Å². The van der Waals surface area contributed by atoms with Crippen molar-refractivity contribution in [2.45, 2.75) is 4.90 Å². The molecule has 0 spiro atoms. The Bertz CT molecular complexity index is 1030. The molecule has 126 valence electrons. The molecule has 25 heavy (non-hydrogen) atoms. The van der Waals surface area contributed by atoms with Crippen LogP contribution in [0, 0.1) is 11.3 Å². The molecular weight excluding hydrogens is 366 g/mol. The Balaban J connectivity index is 1.81. The minimum Gasteiger partial charge on any atom is -0.456 e. The lowest BCUT2D eigenvalue weighted by Crippen LogP contribution is -2.12. The van der Waals surface area contributed by atoms with Crippen LogP contribution in [0.4, 0.5) is 5.82 Å². The van der Waals surface area contributed by atoms with Gasteiger partial charge in [-0.2, -0.15) is 5.26 Å². The Morgan fingerprint density at radius 1 is 1.16 bits per heavy atom. The highest BCUT2D eigenvalue weighted by Crippen LogP contribution is 2.30. The van der Waals surface area contributed by atoms with Crippen LogP contribution in [0.1, 0.15) is 5.56 Å². The van der Waals surface area contributed by atoms with E-state index in [0.29, 0.717) is 5.75 Å². The maximum atomic E-state index is 12.2. The zero-order valence-electron chi connectivity index (χ0n) is 12.5. The molecule has 3 rings (SSSR count). The maximum Gasteiger partial charge on any atom is 0.263 e. The highest BCUT2D eigenvalue weighted by Gasteiger charge is 2.16. The van der Waals surface area contributed by atoms with Gasteiger partial charge in [0.05, 0.1) is 9.92 Å². The predicted octanol–water partition coefficient (Wildman–Crippen LogP) is 3.79. The number of ether oxygens (including phenoxy) is 1. The van der Waals surface area contributed by atoms with E-state index in [1.807, 2.05) is 6.07 Å². The highest BCUT2D eigenvalue weighted by atomic mass is 35.5. The lowest BCUT2D eigenvalue weighted by atomic mass is 10.2. The van der Waals surface area contributed by atoms with Gasteiger partial charge in [0.2, 0.25) is 0 Å². The molecule has 0 atom stereocenters. The van der Waals surface area contributed by atoms with Gasteiger partial charge in [-0.15, -0.1) is 0 Å². The van der Waals surface area contributed by atoms with E-state index in [2.05, 4.69) is 14.4 Å². The lowest BCUT2D eigenvalue weighted by Gasteiger charge is -2.09. The van der Waals surface area contributed by atoms with Crippen LogP contribution in [0.15, 0.2) is 64.2 Å². The molecule has 9 heteroatoms. The minimum atomic E-state index is -3.79. The number of aromatic nitrogens is 1. The van der Waals surface area contributed by atoms with Gasteiger partial charge in [0.15, 0.2) is 5.82 Å². The number of hydrogen-bond donors (Lipinski definition) is 1. The van der Waals surface area contributed by atoms with Crippen molar-refractivity contribution in [1.29, 1.82) is 5.26 Å². The Hall–Kier alpha value is -3.02. The Labute approximate surface area is 148 Å². The van der Waals surface area contributed by atoms with Gasteiger partial charge in [-0.3, -0.25) is 4.72 Å². The van der Waals surface area contributed by atoms with Crippen LogP contribution in [-0.4, -0.2) is 13.6 Å².